The van der Waals surface area contributed by atoms with Gasteiger partial charge < -0.3 is 14.2 Å². The van der Waals surface area contributed by atoms with Crippen LogP contribution in [0.4, 0.5) is 0 Å². The first kappa shape index (κ1) is 61.3. The SMILES string of the molecule is CC/C=C/C=C/C=C/C=C/CCCCCCCC(=O)OC(COC(=O)CCCCCCC/C=C/C=C/C=C/CC)COC(=O)CCCCCCCCC/C=C/CCCCCCCCCC. The van der Waals surface area contributed by atoms with Crippen molar-refractivity contribution in [1.29, 1.82) is 0 Å². The number of rotatable bonds is 47. The second-order valence-corrected chi connectivity index (χ2v) is 17.5. The fourth-order valence-electron chi connectivity index (χ4n) is 7.21. The summed E-state index contributed by atoms with van der Waals surface area (Å²) in [6, 6.07) is 0. The van der Waals surface area contributed by atoms with Crippen LogP contribution in [0.3, 0.4) is 0 Å². The number of carbonyl (C=O) groups excluding carboxylic acids is 3. The van der Waals surface area contributed by atoms with E-state index in [-0.39, 0.29) is 31.1 Å². The maximum absolute atomic E-state index is 12.8. The molecular formula is C59H98O6. The lowest BCUT2D eigenvalue weighted by Gasteiger charge is -2.18. The van der Waals surface area contributed by atoms with E-state index in [1.165, 1.54) is 89.9 Å². The molecule has 0 N–H and O–H groups in total. The van der Waals surface area contributed by atoms with Crippen LogP contribution in [0, 0.1) is 0 Å². The summed E-state index contributed by atoms with van der Waals surface area (Å²) in [6.07, 6.45) is 69.6. The Morgan fingerprint density at radius 2 is 0.615 bits per heavy atom. The highest BCUT2D eigenvalue weighted by Gasteiger charge is 2.19. The lowest BCUT2D eigenvalue weighted by atomic mass is 10.1. The Morgan fingerprint density at radius 3 is 0.985 bits per heavy atom. The molecule has 0 saturated heterocycles. The van der Waals surface area contributed by atoms with Crippen LogP contribution >= 0.6 is 0 Å². The molecule has 0 bridgehead atoms. The van der Waals surface area contributed by atoms with E-state index in [1.54, 1.807) is 0 Å². The molecule has 0 aliphatic heterocycles. The predicted octanol–water partition coefficient (Wildman–Crippen LogP) is 17.8. The predicted molar refractivity (Wildman–Crippen MR) is 279 cm³/mol. The highest BCUT2D eigenvalue weighted by Crippen LogP contribution is 2.14. The monoisotopic (exact) mass is 903 g/mol. The minimum atomic E-state index is -0.801. The van der Waals surface area contributed by atoms with Crippen LogP contribution in [0.1, 0.15) is 239 Å². The molecule has 1 atom stereocenters. The first-order chi connectivity index (χ1) is 32.0. The molecular weight excluding hydrogens is 805 g/mol. The average molecular weight is 903 g/mol. The van der Waals surface area contributed by atoms with Crippen LogP contribution in [-0.2, 0) is 28.6 Å². The van der Waals surface area contributed by atoms with Gasteiger partial charge in [-0.3, -0.25) is 14.4 Å². The summed E-state index contributed by atoms with van der Waals surface area (Å²) in [7, 11) is 0. The van der Waals surface area contributed by atoms with Gasteiger partial charge >= 0.3 is 17.9 Å². The van der Waals surface area contributed by atoms with Crippen molar-refractivity contribution in [3.05, 3.63) is 97.2 Å². The zero-order valence-corrected chi connectivity index (χ0v) is 42.2. The van der Waals surface area contributed by atoms with E-state index in [2.05, 4.69) is 99.8 Å². The maximum atomic E-state index is 12.8. The molecule has 0 saturated carbocycles. The Kier molecular flexibility index (Phi) is 50.0. The van der Waals surface area contributed by atoms with E-state index in [4.69, 9.17) is 14.2 Å². The van der Waals surface area contributed by atoms with Crippen molar-refractivity contribution < 1.29 is 28.6 Å². The van der Waals surface area contributed by atoms with Gasteiger partial charge in [-0.25, -0.2) is 0 Å². The minimum absolute atomic E-state index is 0.0972. The van der Waals surface area contributed by atoms with E-state index in [0.717, 1.165) is 109 Å². The normalized spacial score (nSPS) is 12.8. The minimum Gasteiger partial charge on any atom is -0.462 e. The summed E-state index contributed by atoms with van der Waals surface area (Å²) in [5, 5.41) is 0. The third-order valence-corrected chi connectivity index (χ3v) is 11.2. The smallest absolute Gasteiger partial charge is 0.306 e. The van der Waals surface area contributed by atoms with Crippen LogP contribution in [0.25, 0.3) is 0 Å². The van der Waals surface area contributed by atoms with Crippen LogP contribution in [0.5, 0.6) is 0 Å². The Labute approximate surface area is 400 Å². The molecule has 370 valence electrons. The van der Waals surface area contributed by atoms with E-state index in [1.807, 2.05) is 18.2 Å². The zero-order chi connectivity index (χ0) is 47.2. The zero-order valence-electron chi connectivity index (χ0n) is 42.2. The summed E-state index contributed by atoms with van der Waals surface area (Å²) < 4.78 is 16.8. The largest absolute Gasteiger partial charge is 0.462 e. The number of carbonyl (C=O) groups is 3. The van der Waals surface area contributed by atoms with Crippen molar-refractivity contribution >= 4 is 17.9 Å². The number of unbranched alkanes of at least 4 members (excludes halogenated alkanes) is 25. The van der Waals surface area contributed by atoms with Crippen LogP contribution < -0.4 is 0 Å². The molecule has 0 aromatic rings. The van der Waals surface area contributed by atoms with Gasteiger partial charge in [0.05, 0.1) is 0 Å². The molecule has 0 aromatic heterocycles. The molecule has 1 unspecified atom stereocenters. The van der Waals surface area contributed by atoms with Gasteiger partial charge in [0.2, 0.25) is 0 Å². The third-order valence-electron chi connectivity index (χ3n) is 11.2. The summed E-state index contributed by atoms with van der Waals surface area (Å²) in [4.78, 5) is 38.0. The van der Waals surface area contributed by atoms with Gasteiger partial charge in [-0.2, -0.15) is 0 Å². The van der Waals surface area contributed by atoms with Gasteiger partial charge in [-0.15, -0.1) is 0 Å². The second kappa shape index (κ2) is 52.9. The number of hydrogen-bond donors (Lipinski definition) is 0. The molecule has 0 aromatic carbocycles. The molecule has 0 aliphatic carbocycles. The fraction of sp³-hybridized carbons (Fsp3) is 0.678. The second-order valence-electron chi connectivity index (χ2n) is 17.5. The summed E-state index contributed by atoms with van der Waals surface area (Å²) >= 11 is 0. The van der Waals surface area contributed by atoms with Gasteiger partial charge in [0.25, 0.3) is 0 Å². The Morgan fingerprint density at radius 1 is 0.323 bits per heavy atom. The van der Waals surface area contributed by atoms with Gasteiger partial charge in [0, 0.05) is 19.3 Å². The van der Waals surface area contributed by atoms with Crippen LogP contribution in [0.15, 0.2) is 97.2 Å². The number of ether oxygens (including phenoxy) is 3. The molecule has 0 radical (unpaired) electrons. The molecule has 0 spiro atoms. The molecule has 6 heteroatoms. The molecule has 0 aliphatic rings. The van der Waals surface area contributed by atoms with Crippen molar-refractivity contribution in [2.24, 2.45) is 0 Å². The van der Waals surface area contributed by atoms with E-state index in [0.29, 0.717) is 19.3 Å². The first-order valence-electron chi connectivity index (χ1n) is 26.8. The van der Waals surface area contributed by atoms with Crippen molar-refractivity contribution in [1.82, 2.24) is 0 Å². The van der Waals surface area contributed by atoms with Crippen LogP contribution in [-0.4, -0.2) is 37.2 Å². The van der Waals surface area contributed by atoms with E-state index >= 15 is 0 Å². The molecule has 65 heavy (non-hydrogen) atoms. The van der Waals surface area contributed by atoms with Gasteiger partial charge in [0.1, 0.15) is 13.2 Å². The van der Waals surface area contributed by atoms with Gasteiger partial charge in [-0.05, 0) is 83.5 Å². The molecule has 6 nitrogen and oxygen atoms in total. The number of allylic oxidation sites excluding steroid dienone is 16. The molecule has 0 fully saturated rings. The van der Waals surface area contributed by atoms with E-state index < -0.39 is 6.10 Å². The third kappa shape index (κ3) is 51.2. The topological polar surface area (TPSA) is 78.9 Å². The van der Waals surface area contributed by atoms with Gasteiger partial charge in [0.15, 0.2) is 6.10 Å². The van der Waals surface area contributed by atoms with Crippen LogP contribution in [0.2, 0.25) is 0 Å². The van der Waals surface area contributed by atoms with Crippen molar-refractivity contribution in [2.45, 2.75) is 245 Å². The Hall–Kier alpha value is -3.67. The van der Waals surface area contributed by atoms with Crippen molar-refractivity contribution in [2.75, 3.05) is 13.2 Å². The Balaban J connectivity index is 4.43. The lowest BCUT2D eigenvalue weighted by Crippen LogP contribution is -2.30. The van der Waals surface area contributed by atoms with Crippen molar-refractivity contribution in [3.63, 3.8) is 0 Å². The van der Waals surface area contributed by atoms with Gasteiger partial charge in [-0.1, -0.05) is 234 Å². The standard InChI is InChI=1S/C59H98O6/c1-4-7-10-13-16-19-22-25-27-28-29-30-32-34-37-40-43-46-49-52-58(61)64-55-56(54-63-57(60)51-48-45-42-39-36-33-24-21-18-15-12-9-6-3)65-59(62)53-50-47-44-41-38-35-31-26-23-20-17-14-11-8-5-2/h8-9,11-12,14-15,17-18,20-21,23-24,26,28-29,31,56H,4-7,10,13,16,19,22,25,27,30,32-55H2,1-3H3/b11-8+,12-9+,17-14+,18-15+,23-20+,24-21+,29-28+,31-26+. The highest BCUT2D eigenvalue weighted by atomic mass is 16.6. The number of esters is 3. The molecule has 0 amide bonds. The maximum Gasteiger partial charge on any atom is 0.306 e. The average Bonchev–Trinajstić information content (AvgIpc) is 3.30. The quantitative estimate of drug-likeness (QED) is 0.0199. The first-order valence-corrected chi connectivity index (χ1v) is 26.8. The Bertz CT molecular complexity index is 1310. The molecule has 0 heterocycles. The molecule has 0 rings (SSSR count). The lowest BCUT2D eigenvalue weighted by molar-refractivity contribution is -0.167. The summed E-state index contributed by atoms with van der Waals surface area (Å²) in [6.45, 7) is 6.32. The number of hydrogen-bond acceptors (Lipinski definition) is 6. The summed E-state index contributed by atoms with van der Waals surface area (Å²) in [5.74, 6) is -0.947. The van der Waals surface area contributed by atoms with E-state index in [9.17, 15) is 14.4 Å². The van der Waals surface area contributed by atoms with Crippen molar-refractivity contribution in [3.8, 4) is 0 Å². The fourth-order valence-corrected chi connectivity index (χ4v) is 7.21. The summed E-state index contributed by atoms with van der Waals surface area (Å²) in [5.41, 5.74) is 0. The highest BCUT2D eigenvalue weighted by molar-refractivity contribution is 5.71.